The predicted octanol–water partition coefficient (Wildman–Crippen LogP) is 3.04. The zero-order valence-electron chi connectivity index (χ0n) is 14.0. The van der Waals surface area contributed by atoms with Crippen molar-refractivity contribution in [2.24, 2.45) is 0 Å². The van der Waals surface area contributed by atoms with Crippen molar-refractivity contribution in [1.29, 1.82) is 0 Å². The lowest BCUT2D eigenvalue weighted by molar-refractivity contribution is 0.251. The van der Waals surface area contributed by atoms with Crippen molar-refractivity contribution < 1.29 is 9.32 Å². The molecule has 0 atom stereocenters. The van der Waals surface area contributed by atoms with E-state index >= 15 is 0 Å². The lowest BCUT2D eigenvalue weighted by Crippen LogP contribution is -2.28. The van der Waals surface area contributed by atoms with Gasteiger partial charge in [0.1, 0.15) is 0 Å². The van der Waals surface area contributed by atoms with E-state index in [1.54, 1.807) is 6.92 Å². The molecule has 0 saturated carbocycles. The highest BCUT2D eigenvalue weighted by atomic mass is 16.5. The highest BCUT2D eigenvalue weighted by Crippen LogP contribution is 2.19. The molecule has 0 spiro atoms. The lowest BCUT2D eigenvalue weighted by Gasteiger charge is -2.08. The molecule has 0 radical (unpaired) electrons. The molecule has 2 aromatic heterocycles. The number of nitrogens with one attached hydrogen (secondary N) is 2. The number of carbonyl (C=O) groups is 1. The molecular formula is C18H16N6O2. The van der Waals surface area contributed by atoms with Crippen LogP contribution in [0.3, 0.4) is 0 Å². The molecule has 0 fully saturated rings. The van der Waals surface area contributed by atoms with Gasteiger partial charge in [-0.3, -0.25) is 0 Å². The van der Waals surface area contributed by atoms with E-state index in [0.717, 1.165) is 16.6 Å². The van der Waals surface area contributed by atoms with Gasteiger partial charge in [0.25, 0.3) is 0 Å². The minimum absolute atomic E-state index is 0.195. The maximum absolute atomic E-state index is 12.0. The molecule has 0 aliphatic rings. The number of aryl methyl sites for hydroxylation is 1. The smallest absolute Gasteiger partial charge is 0.319 e. The summed E-state index contributed by atoms with van der Waals surface area (Å²) in [7, 11) is 0. The minimum atomic E-state index is -0.343. The van der Waals surface area contributed by atoms with Gasteiger partial charge in [-0.1, -0.05) is 23.4 Å². The second-order valence-corrected chi connectivity index (χ2v) is 5.70. The fraction of sp³-hybridized carbons (Fsp3) is 0.111. The number of benzene rings is 2. The fourth-order valence-electron chi connectivity index (χ4n) is 2.61. The molecular weight excluding hydrogens is 332 g/mol. The average Bonchev–Trinajstić information content (AvgIpc) is 3.27. The third-order valence-electron chi connectivity index (χ3n) is 3.82. The molecule has 2 amide bonds. The first-order valence-corrected chi connectivity index (χ1v) is 8.06. The second kappa shape index (κ2) is 6.67. The Morgan fingerprint density at radius 3 is 2.73 bits per heavy atom. The number of urea groups is 1. The Hall–Kier alpha value is -3.68. The number of hydrogen-bond donors (Lipinski definition) is 2. The third kappa shape index (κ3) is 3.25. The van der Waals surface area contributed by atoms with Crippen molar-refractivity contribution in [3.63, 3.8) is 0 Å². The molecule has 8 nitrogen and oxygen atoms in total. The highest BCUT2D eigenvalue weighted by molar-refractivity contribution is 5.89. The van der Waals surface area contributed by atoms with Gasteiger partial charge in [-0.2, -0.15) is 10.1 Å². The molecule has 4 aromatic rings. The number of rotatable bonds is 4. The van der Waals surface area contributed by atoms with E-state index in [9.17, 15) is 4.79 Å². The van der Waals surface area contributed by atoms with Crippen LogP contribution in [0.15, 0.2) is 59.3 Å². The molecule has 0 bridgehead atoms. The maximum Gasteiger partial charge on any atom is 0.319 e. The van der Waals surface area contributed by atoms with Crippen LogP contribution in [0.5, 0.6) is 0 Å². The van der Waals surface area contributed by atoms with Crippen LogP contribution in [-0.2, 0) is 6.54 Å². The molecule has 2 heterocycles. The molecule has 26 heavy (non-hydrogen) atoms. The minimum Gasteiger partial charge on any atom is -0.340 e. The number of carbonyl (C=O) groups excluding carboxylic acids is 1. The van der Waals surface area contributed by atoms with Crippen molar-refractivity contribution in [3.8, 4) is 5.69 Å². The zero-order chi connectivity index (χ0) is 17.9. The van der Waals surface area contributed by atoms with Crippen molar-refractivity contribution in [2.45, 2.75) is 13.5 Å². The molecule has 0 aliphatic heterocycles. The molecule has 0 saturated heterocycles. The van der Waals surface area contributed by atoms with E-state index in [4.69, 9.17) is 4.52 Å². The number of anilines is 1. The van der Waals surface area contributed by atoms with Gasteiger partial charge in [0.15, 0.2) is 5.82 Å². The van der Waals surface area contributed by atoms with Crippen LogP contribution in [0.1, 0.15) is 11.7 Å². The summed E-state index contributed by atoms with van der Waals surface area (Å²) in [6.45, 7) is 1.89. The first kappa shape index (κ1) is 15.8. The van der Waals surface area contributed by atoms with E-state index in [1.807, 2.05) is 59.4 Å². The molecule has 4 rings (SSSR count). The summed E-state index contributed by atoms with van der Waals surface area (Å²) in [6, 6.07) is 15.1. The Labute approximate surface area is 148 Å². The van der Waals surface area contributed by atoms with Crippen molar-refractivity contribution >= 4 is 22.6 Å². The first-order valence-electron chi connectivity index (χ1n) is 8.06. The normalized spacial score (nSPS) is 10.8. The van der Waals surface area contributed by atoms with Crippen LogP contribution >= 0.6 is 0 Å². The van der Waals surface area contributed by atoms with Crippen LogP contribution < -0.4 is 10.6 Å². The van der Waals surface area contributed by atoms with E-state index < -0.39 is 0 Å². The first-order chi connectivity index (χ1) is 12.7. The Kier molecular flexibility index (Phi) is 4.06. The Balaban J connectivity index is 1.42. The number of hydrogen-bond acceptors (Lipinski definition) is 5. The molecule has 8 heteroatoms. The standard InChI is InChI=1S/C18H16N6O2/c1-12-21-17(23-26-12)11-19-18(25)22-14-6-8-15(9-7-14)24-16-5-3-2-4-13(16)10-20-24/h2-10H,11H2,1H3,(H2,19,22,25). The molecule has 2 aromatic carbocycles. The van der Waals surface area contributed by atoms with E-state index in [0.29, 0.717) is 17.4 Å². The highest BCUT2D eigenvalue weighted by Gasteiger charge is 2.07. The van der Waals surface area contributed by atoms with Gasteiger partial charge in [-0.15, -0.1) is 0 Å². The summed E-state index contributed by atoms with van der Waals surface area (Å²) < 4.78 is 6.71. The van der Waals surface area contributed by atoms with Crippen LogP contribution in [0.2, 0.25) is 0 Å². The number of para-hydroxylation sites is 1. The quantitative estimate of drug-likeness (QED) is 0.591. The third-order valence-corrected chi connectivity index (χ3v) is 3.82. The van der Waals surface area contributed by atoms with Crippen molar-refractivity contribution in [1.82, 2.24) is 25.2 Å². The van der Waals surface area contributed by atoms with Crippen molar-refractivity contribution in [3.05, 3.63) is 66.4 Å². The molecule has 130 valence electrons. The van der Waals surface area contributed by atoms with Gasteiger partial charge in [0.05, 0.1) is 23.9 Å². The zero-order valence-corrected chi connectivity index (χ0v) is 14.0. The van der Waals surface area contributed by atoms with E-state index in [2.05, 4.69) is 25.9 Å². The largest absolute Gasteiger partial charge is 0.340 e. The second-order valence-electron chi connectivity index (χ2n) is 5.70. The van der Waals surface area contributed by atoms with E-state index in [1.165, 1.54) is 0 Å². The summed E-state index contributed by atoms with van der Waals surface area (Å²) in [5.41, 5.74) is 2.62. The number of amides is 2. The SMILES string of the molecule is Cc1nc(CNC(=O)Nc2ccc(-n3ncc4ccccc43)cc2)no1. The number of fused-ring (bicyclic) bond motifs is 1. The Morgan fingerprint density at radius 2 is 1.96 bits per heavy atom. The number of nitrogens with zero attached hydrogens (tertiary/aromatic N) is 4. The molecule has 0 unspecified atom stereocenters. The van der Waals surface area contributed by atoms with Gasteiger partial charge >= 0.3 is 6.03 Å². The van der Waals surface area contributed by atoms with Crippen LogP contribution in [0, 0.1) is 6.92 Å². The van der Waals surface area contributed by atoms with Gasteiger partial charge in [-0.05, 0) is 30.3 Å². The Morgan fingerprint density at radius 1 is 1.15 bits per heavy atom. The van der Waals surface area contributed by atoms with Crippen LogP contribution in [0.4, 0.5) is 10.5 Å². The van der Waals surface area contributed by atoms with Crippen molar-refractivity contribution in [2.75, 3.05) is 5.32 Å². The summed E-state index contributed by atoms with van der Waals surface area (Å²) >= 11 is 0. The topological polar surface area (TPSA) is 97.9 Å². The monoisotopic (exact) mass is 348 g/mol. The van der Waals surface area contributed by atoms with Gasteiger partial charge in [0.2, 0.25) is 5.89 Å². The average molecular weight is 348 g/mol. The van der Waals surface area contributed by atoms with Crippen LogP contribution in [-0.4, -0.2) is 26.0 Å². The van der Waals surface area contributed by atoms with Gasteiger partial charge < -0.3 is 15.2 Å². The van der Waals surface area contributed by atoms with E-state index in [-0.39, 0.29) is 12.6 Å². The fourth-order valence-corrected chi connectivity index (χ4v) is 2.61. The summed E-state index contributed by atoms with van der Waals surface area (Å²) in [5, 5.41) is 14.6. The summed E-state index contributed by atoms with van der Waals surface area (Å²) in [5.74, 6) is 0.891. The predicted molar refractivity (Wildman–Crippen MR) is 96.0 cm³/mol. The molecule has 2 N–H and O–H groups in total. The lowest BCUT2D eigenvalue weighted by atomic mass is 10.2. The number of aromatic nitrogens is 4. The van der Waals surface area contributed by atoms with Crippen LogP contribution in [0.25, 0.3) is 16.6 Å². The van der Waals surface area contributed by atoms with Gasteiger partial charge in [-0.25, -0.2) is 9.48 Å². The maximum atomic E-state index is 12.0. The molecule has 0 aliphatic carbocycles. The van der Waals surface area contributed by atoms with Gasteiger partial charge in [0, 0.05) is 18.0 Å². The summed E-state index contributed by atoms with van der Waals surface area (Å²) in [6.07, 6.45) is 1.83. The summed E-state index contributed by atoms with van der Waals surface area (Å²) in [4.78, 5) is 16.0. The Bertz CT molecular complexity index is 1050.